The third-order valence-corrected chi connectivity index (χ3v) is 3.38. The van der Waals surface area contributed by atoms with E-state index in [1.54, 1.807) is 6.07 Å². The van der Waals surface area contributed by atoms with Crippen LogP contribution in [0.2, 0.25) is 5.02 Å². The van der Waals surface area contributed by atoms with E-state index in [9.17, 15) is 9.59 Å². The standard InChI is InChI=1S/C13H14ClNO2/c1-8-7-10(14)3-4-11(8)12-5-6-13(17)15(12)9(2)16/h3-4,7,12H,5-6H2,1-2H3. The summed E-state index contributed by atoms with van der Waals surface area (Å²) in [5.41, 5.74) is 2.03. The molecule has 4 heteroatoms. The Kier molecular flexibility index (Phi) is 3.20. The summed E-state index contributed by atoms with van der Waals surface area (Å²) in [5, 5.41) is 0.671. The Morgan fingerprint density at radius 3 is 2.76 bits per heavy atom. The second kappa shape index (κ2) is 4.49. The number of aryl methyl sites for hydroxylation is 1. The van der Waals surface area contributed by atoms with Crippen LogP contribution in [0.25, 0.3) is 0 Å². The average molecular weight is 252 g/mol. The average Bonchev–Trinajstić information content (AvgIpc) is 2.60. The molecule has 1 saturated heterocycles. The van der Waals surface area contributed by atoms with Gasteiger partial charge in [-0.1, -0.05) is 17.7 Å². The van der Waals surface area contributed by atoms with Crippen LogP contribution >= 0.6 is 11.6 Å². The predicted molar refractivity (Wildman–Crippen MR) is 65.7 cm³/mol. The highest BCUT2D eigenvalue weighted by Crippen LogP contribution is 2.35. The maximum atomic E-state index is 11.7. The number of rotatable bonds is 1. The highest BCUT2D eigenvalue weighted by Gasteiger charge is 2.35. The minimum Gasteiger partial charge on any atom is -0.275 e. The van der Waals surface area contributed by atoms with Crippen LogP contribution in [0.3, 0.4) is 0 Å². The van der Waals surface area contributed by atoms with Crippen LogP contribution in [0.15, 0.2) is 18.2 Å². The number of carbonyl (C=O) groups excluding carboxylic acids is 2. The fourth-order valence-corrected chi connectivity index (χ4v) is 2.61. The Balaban J connectivity index is 2.39. The zero-order chi connectivity index (χ0) is 12.6. The van der Waals surface area contributed by atoms with Crippen molar-refractivity contribution in [3.05, 3.63) is 34.3 Å². The molecule has 0 aliphatic carbocycles. The first-order valence-corrected chi connectivity index (χ1v) is 5.97. The number of benzene rings is 1. The quantitative estimate of drug-likeness (QED) is 0.770. The molecule has 17 heavy (non-hydrogen) atoms. The van der Waals surface area contributed by atoms with Gasteiger partial charge in [0.1, 0.15) is 0 Å². The van der Waals surface area contributed by atoms with Crippen molar-refractivity contribution in [2.45, 2.75) is 32.7 Å². The Morgan fingerprint density at radius 1 is 1.47 bits per heavy atom. The van der Waals surface area contributed by atoms with Crippen molar-refractivity contribution in [1.82, 2.24) is 4.90 Å². The van der Waals surface area contributed by atoms with Gasteiger partial charge in [0.15, 0.2) is 0 Å². The third-order valence-electron chi connectivity index (χ3n) is 3.14. The molecule has 1 aromatic carbocycles. The normalized spacial score (nSPS) is 19.8. The zero-order valence-electron chi connectivity index (χ0n) is 9.87. The molecule has 90 valence electrons. The van der Waals surface area contributed by atoms with Gasteiger partial charge in [0.2, 0.25) is 11.8 Å². The number of nitrogens with zero attached hydrogens (tertiary/aromatic N) is 1. The number of amides is 2. The van der Waals surface area contributed by atoms with Gasteiger partial charge in [-0.15, -0.1) is 0 Å². The molecule has 0 N–H and O–H groups in total. The van der Waals surface area contributed by atoms with Crippen molar-refractivity contribution in [3.8, 4) is 0 Å². The molecule has 3 nitrogen and oxygen atoms in total. The summed E-state index contributed by atoms with van der Waals surface area (Å²) < 4.78 is 0. The molecule has 0 spiro atoms. The molecule has 1 aliphatic heterocycles. The molecule has 1 atom stereocenters. The molecule has 2 amide bonds. The maximum absolute atomic E-state index is 11.7. The number of hydrogen-bond acceptors (Lipinski definition) is 2. The van der Waals surface area contributed by atoms with Gasteiger partial charge in [0.25, 0.3) is 0 Å². The Bertz CT molecular complexity index is 484. The predicted octanol–water partition coefficient (Wildman–Crippen LogP) is 2.86. The van der Waals surface area contributed by atoms with Gasteiger partial charge in [-0.3, -0.25) is 14.5 Å². The summed E-state index contributed by atoms with van der Waals surface area (Å²) in [7, 11) is 0. The number of carbonyl (C=O) groups is 2. The number of hydrogen-bond donors (Lipinski definition) is 0. The van der Waals surface area contributed by atoms with E-state index in [0.29, 0.717) is 17.9 Å². The minimum absolute atomic E-state index is 0.0862. The zero-order valence-corrected chi connectivity index (χ0v) is 10.6. The van der Waals surface area contributed by atoms with E-state index < -0.39 is 0 Å². The van der Waals surface area contributed by atoms with Crippen LogP contribution in [-0.4, -0.2) is 16.7 Å². The second-order valence-corrected chi connectivity index (χ2v) is 4.77. The summed E-state index contributed by atoms with van der Waals surface area (Å²) in [4.78, 5) is 24.5. The number of likely N-dealkylation sites (tertiary alicyclic amines) is 1. The molecule has 0 bridgehead atoms. The van der Waals surface area contributed by atoms with Gasteiger partial charge in [-0.25, -0.2) is 0 Å². The van der Waals surface area contributed by atoms with Crippen LogP contribution in [0.1, 0.15) is 36.9 Å². The molecular formula is C13H14ClNO2. The van der Waals surface area contributed by atoms with Gasteiger partial charge in [0, 0.05) is 18.4 Å². The molecular weight excluding hydrogens is 238 g/mol. The van der Waals surface area contributed by atoms with Gasteiger partial charge < -0.3 is 0 Å². The largest absolute Gasteiger partial charge is 0.275 e. The molecule has 0 radical (unpaired) electrons. The molecule has 1 fully saturated rings. The maximum Gasteiger partial charge on any atom is 0.229 e. The summed E-state index contributed by atoms with van der Waals surface area (Å²) in [6.45, 7) is 3.38. The van der Waals surface area contributed by atoms with Crippen molar-refractivity contribution in [1.29, 1.82) is 0 Å². The van der Waals surface area contributed by atoms with Crippen molar-refractivity contribution in [2.75, 3.05) is 0 Å². The first kappa shape index (κ1) is 12.1. The Hall–Kier alpha value is -1.35. The topological polar surface area (TPSA) is 37.4 Å². The Morgan fingerprint density at radius 2 is 2.18 bits per heavy atom. The van der Waals surface area contributed by atoms with E-state index >= 15 is 0 Å². The smallest absolute Gasteiger partial charge is 0.229 e. The van der Waals surface area contributed by atoms with Crippen molar-refractivity contribution < 1.29 is 9.59 Å². The van der Waals surface area contributed by atoms with E-state index in [1.807, 2.05) is 19.1 Å². The van der Waals surface area contributed by atoms with Crippen LogP contribution in [0.4, 0.5) is 0 Å². The fraction of sp³-hybridized carbons (Fsp3) is 0.385. The molecule has 0 saturated carbocycles. The molecule has 1 heterocycles. The van der Waals surface area contributed by atoms with Crippen LogP contribution in [0, 0.1) is 6.92 Å². The minimum atomic E-state index is -0.188. The van der Waals surface area contributed by atoms with Crippen LogP contribution in [-0.2, 0) is 9.59 Å². The highest BCUT2D eigenvalue weighted by molar-refractivity contribution is 6.30. The summed E-state index contributed by atoms with van der Waals surface area (Å²) >= 11 is 5.90. The number of imide groups is 1. The lowest BCUT2D eigenvalue weighted by atomic mass is 9.99. The SMILES string of the molecule is CC(=O)N1C(=O)CCC1c1ccc(Cl)cc1C. The first-order chi connectivity index (χ1) is 8.00. The molecule has 1 aromatic rings. The lowest BCUT2D eigenvalue weighted by Gasteiger charge is -2.23. The first-order valence-electron chi connectivity index (χ1n) is 5.59. The monoisotopic (exact) mass is 251 g/mol. The fourth-order valence-electron chi connectivity index (χ4n) is 2.39. The van der Waals surface area contributed by atoms with Crippen LogP contribution < -0.4 is 0 Å². The van der Waals surface area contributed by atoms with E-state index in [0.717, 1.165) is 11.1 Å². The summed E-state index contributed by atoms with van der Waals surface area (Å²) in [6, 6.07) is 5.43. The number of halogens is 1. The van der Waals surface area contributed by atoms with Gasteiger partial charge in [-0.05, 0) is 36.6 Å². The van der Waals surface area contributed by atoms with Crippen molar-refractivity contribution in [3.63, 3.8) is 0 Å². The second-order valence-electron chi connectivity index (χ2n) is 4.34. The summed E-state index contributed by atoms with van der Waals surface area (Å²) in [6.07, 6.45) is 1.13. The molecule has 2 rings (SSSR count). The van der Waals surface area contributed by atoms with E-state index in [2.05, 4.69) is 0 Å². The van der Waals surface area contributed by atoms with E-state index in [1.165, 1.54) is 11.8 Å². The lowest BCUT2D eigenvalue weighted by Crippen LogP contribution is -2.32. The third kappa shape index (κ3) is 2.20. The summed E-state index contributed by atoms with van der Waals surface area (Å²) in [5.74, 6) is -0.274. The Labute approximate surface area is 105 Å². The lowest BCUT2D eigenvalue weighted by molar-refractivity contribution is -0.142. The van der Waals surface area contributed by atoms with Gasteiger partial charge >= 0.3 is 0 Å². The van der Waals surface area contributed by atoms with Crippen molar-refractivity contribution >= 4 is 23.4 Å². The van der Waals surface area contributed by atoms with Gasteiger partial charge in [0.05, 0.1) is 6.04 Å². The molecule has 1 unspecified atom stereocenters. The van der Waals surface area contributed by atoms with E-state index in [4.69, 9.17) is 11.6 Å². The van der Waals surface area contributed by atoms with E-state index in [-0.39, 0.29) is 17.9 Å². The van der Waals surface area contributed by atoms with Crippen molar-refractivity contribution in [2.24, 2.45) is 0 Å². The molecule has 1 aliphatic rings. The van der Waals surface area contributed by atoms with Crippen LogP contribution in [0.5, 0.6) is 0 Å². The van der Waals surface area contributed by atoms with Gasteiger partial charge in [-0.2, -0.15) is 0 Å². The molecule has 0 aromatic heterocycles. The highest BCUT2D eigenvalue weighted by atomic mass is 35.5.